The molecule has 1 fully saturated rings. The fraction of sp³-hybridized carbons (Fsp3) is 0.350. The Morgan fingerprint density at radius 2 is 1.74 bits per heavy atom. The largest absolute Gasteiger partial charge is 0.494 e. The van der Waals surface area contributed by atoms with E-state index in [2.05, 4.69) is 0 Å². The van der Waals surface area contributed by atoms with E-state index in [4.69, 9.17) is 37.4 Å². The molecule has 1 aliphatic rings. The standard InChI is InChI=1S/C20H21Cl2NO4/c1-2-25-17-3-5-18(6-4-17)27-13-20(24)23-7-8-26-19(12-23)14-9-15(21)11-16(22)10-14/h3-6,9-11,19H,2,7-8,12-13H2,1H3. The van der Waals surface area contributed by atoms with Gasteiger partial charge in [0, 0.05) is 16.6 Å². The van der Waals surface area contributed by atoms with E-state index in [-0.39, 0.29) is 18.6 Å². The number of hydrogen-bond donors (Lipinski definition) is 0. The highest BCUT2D eigenvalue weighted by Gasteiger charge is 2.26. The molecule has 144 valence electrons. The summed E-state index contributed by atoms with van der Waals surface area (Å²) in [6.07, 6.45) is -0.260. The summed E-state index contributed by atoms with van der Waals surface area (Å²) >= 11 is 12.1. The predicted molar refractivity (Wildman–Crippen MR) is 105 cm³/mol. The molecule has 0 saturated carbocycles. The number of morpholine rings is 1. The molecular weight excluding hydrogens is 389 g/mol. The summed E-state index contributed by atoms with van der Waals surface area (Å²) in [5.41, 5.74) is 0.859. The van der Waals surface area contributed by atoms with Gasteiger partial charge in [0.25, 0.3) is 5.91 Å². The fourth-order valence-electron chi connectivity index (χ4n) is 2.87. The molecule has 1 unspecified atom stereocenters. The number of carbonyl (C=O) groups excluding carboxylic acids is 1. The third-order valence-electron chi connectivity index (χ3n) is 4.17. The van der Waals surface area contributed by atoms with Crippen molar-refractivity contribution < 1.29 is 19.0 Å². The molecule has 1 amide bonds. The van der Waals surface area contributed by atoms with E-state index in [9.17, 15) is 4.79 Å². The Labute approximate surface area is 168 Å². The summed E-state index contributed by atoms with van der Waals surface area (Å²) in [6.45, 7) is 3.91. The lowest BCUT2D eigenvalue weighted by molar-refractivity contribution is -0.141. The Morgan fingerprint density at radius 3 is 2.37 bits per heavy atom. The number of rotatable bonds is 6. The van der Waals surface area contributed by atoms with Gasteiger partial charge in [-0.2, -0.15) is 0 Å². The van der Waals surface area contributed by atoms with Gasteiger partial charge in [-0.3, -0.25) is 4.79 Å². The molecular formula is C20H21Cl2NO4. The van der Waals surface area contributed by atoms with E-state index < -0.39 is 0 Å². The lowest BCUT2D eigenvalue weighted by Crippen LogP contribution is -2.44. The minimum atomic E-state index is -0.260. The zero-order valence-corrected chi connectivity index (χ0v) is 16.5. The van der Waals surface area contributed by atoms with Crippen LogP contribution in [0.1, 0.15) is 18.6 Å². The van der Waals surface area contributed by atoms with Gasteiger partial charge in [0.05, 0.1) is 19.8 Å². The normalized spacial score (nSPS) is 16.9. The lowest BCUT2D eigenvalue weighted by atomic mass is 10.1. The van der Waals surface area contributed by atoms with Crippen LogP contribution in [0.25, 0.3) is 0 Å². The average molecular weight is 410 g/mol. The molecule has 3 rings (SSSR count). The molecule has 1 atom stereocenters. The molecule has 1 saturated heterocycles. The number of hydrogen-bond acceptors (Lipinski definition) is 4. The van der Waals surface area contributed by atoms with Crippen LogP contribution in [0, 0.1) is 0 Å². The van der Waals surface area contributed by atoms with Crippen LogP contribution in [-0.4, -0.2) is 43.7 Å². The van der Waals surface area contributed by atoms with Gasteiger partial charge in [-0.25, -0.2) is 0 Å². The van der Waals surface area contributed by atoms with Gasteiger partial charge in [-0.05, 0) is 55.0 Å². The first-order chi connectivity index (χ1) is 13.0. The van der Waals surface area contributed by atoms with Crippen molar-refractivity contribution in [3.63, 3.8) is 0 Å². The van der Waals surface area contributed by atoms with Crippen LogP contribution in [0.3, 0.4) is 0 Å². The Kier molecular flexibility index (Phi) is 6.83. The first-order valence-corrected chi connectivity index (χ1v) is 9.52. The molecule has 0 radical (unpaired) electrons. The molecule has 1 aliphatic heterocycles. The van der Waals surface area contributed by atoms with E-state index in [0.29, 0.717) is 42.1 Å². The maximum atomic E-state index is 12.5. The summed E-state index contributed by atoms with van der Waals surface area (Å²) in [4.78, 5) is 14.3. The highest BCUT2D eigenvalue weighted by atomic mass is 35.5. The predicted octanol–water partition coefficient (Wildman–Crippen LogP) is 4.37. The molecule has 2 aromatic rings. The van der Waals surface area contributed by atoms with Crippen LogP contribution < -0.4 is 9.47 Å². The zero-order valence-electron chi connectivity index (χ0n) is 15.0. The van der Waals surface area contributed by atoms with Crippen molar-refractivity contribution in [1.29, 1.82) is 0 Å². The first-order valence-electron chi connectivity index (χ1n) is 8.76. The molecule has 27 heavy (non-hydrogen) atoms. The number of amides is 1. The zero-order chi connectivity index (χ0) is 19.2. The molecule has 0 N–H and O–H groups in total. The van der Waals surface area contributed by atoms with Crippen molar-refractivity contribution in [2.45, 2.75) is 13.0 Å². The topological polar surface area (TPSA) is 48.0 Å². The van der Waals surface area contributed by atoms with Crippen molar-refractivity contribution >= 4 is 29.1 Å². The summed E-state index contributed by atoms with van der Waals surface area (Å²) in [5.74, 6) is 1.30. The summed E-state index contributed by atoms with van der Waals surface area (Å²) < 4.78 is 16.8. The summed E-state index contributed by atoms with van der Waals surface area (Å²) in [5, 5.41) is 1.09. The third-order valence-corrected chi connectivity index (χ3v) is 4.61. The van der Waals surface area contributed by atoms with Crippen molar-refractivity contribution in [1.82, 2.24) is 4.90 Å². The monoisotopic (exact) mass is 409 g/mol. The molecule has 2 aromatic carbocycles. The molecule has 0 bridgehead atoms. The molecule has 0 aromatic heterocycles. The van der Waals surface area contributed by atoms with Crippen LogP contribution in [0.5, 0.6) is 11.5 Å². The van der Waals surface area contributed by atoms with E-state index in [0.717, 1.165) is 11.3 Å². The van der Waals surface area contributed by atoms with Crippen molar-refractivity contribution in [3.05, 3.63) is 58.1 Å². The van der Waals surface area contributed by atoms with Crippen LogP contribution in [0.2, 0.25) is 10.0 Å². The van der Waals surface area contributed by atoms with Gasteiger partial charge in [-0.15, -0.1) is 0 Å². The van der Waals surface area contributed by atoms with Crippen molar-refractivity contribution in [3.8, 4) is 11.5 Å². The van der Waals surface area contributed by atoms with Crippen molar-refractivity contribution in [2.24, 2.45) is 0 Å². The molecule has 0 spiro atoms. The highest BCUT2D eigenvalue weighted by Crippen LogP contribution is 2.28. The van der Waals surface area contributed by atoms with E-state index in [1.54, 1.807) is 23.1 Å². The van der Waals surface area contributed by atoms with E-state index >= 15 is 0 Å². The van der Waals surface area contributed by atoms with E-state index in [1.165, 1.54) is 0 Å². The smallest absolute Gasteiger partial charge is 0.260 e. The summed E-state index contributed by atoms with van der Waals surface area (Å²) in [7, 11) is 0. The van der Waals surface area contributed by atoms with Gasteiger partial charge in [0.1, 0.15) is 17.6 Å². The minimum Gasteiger partial charge on any atom is -0.494 e. The molecule has 1 heterocycles. The average Bonchev–Trinajstić information content (AvgIpc) is 2.67. The maximum absolute atomic E-state index is 12.5. The Bertz CT molecular complexity index is 762. The van der Waals surface area contributed by atoms with Crippen LogP contribution in [0.4, 0.5) is 0 Å². The Balaban J connectivity index is 1.56. The van der Waals surface area contributed by atoms with Crippen LogP contribution >= 0.6 is 23.2 Å². The highest BCUT2D eigenvalue weighted by molar-refractivity contribution is 6.34. The molecule has 0 aliphatic carbocycles. The Hall–Kier alpha value is -1.95. The summed E-state index contributed by atoms with van der Waals surface area (Å²) in [6, 6.07) is 12.5. The van der Waals surface area contributed by atoms with E-state index in [1.807, 2.05) is 31.2 Å². The maximum Gasteiger partial charge on any atom is 0.260 e. The second-order valence-corrected chi connectivity index (χ2v) is 6.97. The number of benzene rings is 2. The van der Waals surface area contributed by atoms with Gasteiger partial charge in [0.2, 0.25) is 0 Å². The lowest BCUT2D eigenvalue weighted by Gasteiger charge is -2.33. The van der Waals surface area contributed by atoms with Gasteiger partial charge < -0.3 is 19.1 Å². The second-order valence-electron chi connectivity index (χ2n) is 6.10. The SMILES string of the molecule is CCOc1ccc(OCC(=O)N2CCOC(c3cc(Cl)cc(Cl)c3)C2)cc1. The molecule has 7 heteroatoms. The number of halogens is 2. The number of carbonyl (C=O) groups is 1. The first kappa shape index (κ1) is 19.8. The van der Waals surface area contributed by atoms with Crippen molar-refractivity contribution in [2.75, 3.05) is 32.9 Å². The minimum absolute atomic E-state index is 0.0308. The quantitative estimate of drug-likeness (QED) is 0.710. The number of nitrogens with zero attached hydrogens (tertiary/aromatic N) is 1. The fourth-order valence-corrected chi connectivity index (χ4v) is 3.42. The number of ether oxygens (including phenoxy) is 3. The van der Waals surface area contributed by atoms with Gasteiger partial charge >= 0.3 is 0 Å². The Morgan fingerprint density at radius 1 is 1.11 bits per heavy atom. The van der Waals surface area contributed by atoms with Crippen LogP contribution in [0.15, 0.2) is 42.5 Å². The third kappa shape index (κ3) is 5.51. The van der Waals surface area contributed by atoms with Gasteiger partial charge in [-0.1, -0.05) is 23.2 Å². The molecule has 5 nitrogen and oxygen atoms in total. The van der Waals surface area contributed by atoms with Crippen LogP contribution in [-0.2, 0) is 9.53 Å². The van der Waals surface area contributed by atoms with Gasteiger partial charge in [0.15, 0.2) is 6.61 Å². The second kappa shape index (κ2) is 9.31.